The van der Waals surface area contributed by atoms with E-state index >= 15 is 0 Å². The Balaban J connectivity index is 1.70. The molecule has 1 N–H and O–H groups in total. The first-order chi connectivity index (χ1) is 9.40. The molecule has 1 saturated heterocycles. The summed E-state index contributed by atoms with van der Waals surface area (Å²) in [6, 6.07) is 10.4. The molecule has 106 valence electrons. The van der Waals surface area contributed by atoms with Gasteiger partial charge in [0.1, 0.15) is 12.4 Å². The Kier molecular flexibility index (Phi) is 6.14. The molecule has 0 amide bonds. The molecule has 0 spiro atoms. The predicted octanol–water partition coefficient (Wildman–Crippen LogP) is 1.54. The smallest absolute Gasteiger partial charge is 0.119 e. The molecule has 4 nitrogen and oxygen atoms in total. The summed E-state index contributed by atoms with van der Waals surface area (Å²) in [5.41, 5.74) is 0. The molecule has 0 aromatic heterocycles. The summed E-state index contributed by atoms with van der Waals surface area (Å²) in [5, 5.41) is 8.66. The van der Waals surface area contributed by atoms with Crippen molar-refractivity contribution in [3.05, 3.63) is 30.3 Å². The van der Waals surface area contributed by atoms with Crippen molar-refractivity contribution in [3.63, 3.8) is 0 Å². The molecule has 0 radical (unpaired) electrons. The van der Waals surface area contributed by atoms with Gasteiger partial charge in [-0.1, -0.05) is 18.2 Å². The fraction of sp³-hybridized carbons (Fsp3) is 0.600. The summed E-state index contributed by atoms with van der Waals surface area (Å²) in [6.45, 7) is 3.99. The van der Waals surface area contributed by atoms with Gasteiger partial charge in [-0.15, -0.1) is 0 Å². The highest BCUT2D eigenvalue weighted by atomic mass is 16.5. The topological polar surface area (TPSA) is 41.9 Å². The van der Waals surface area contributed by atoms with Gasteiger partial charge in [0, 0.05) is 12.6 Å². The van der Waals surface area contributed by atoms with Crippen molar-refractivity contribution in [1.29, 1.82) is 0 Å². The minimum Gasteiger partial charge on any atom is -0.492 e. The molecule has 1 aliphatic heterocycles. The van der Waals surface area contributed by atoms with E-state index in [1.54, 1.807) is 0 Å². The maximum absolute atomic E-state index is 8.66. The molecule has 1 aliphatic rings. The molecule has 1 unspecified atom stereocenters. The van der Waals surface area contributed by atoms with Crippen LogP contribution in [0.5, 0.6) is 5.75 Å². The van der Waals surface area contributed by atoms with Crippen LogP contribution in [0, 0.1) is 0 Å². The average molecular weight is 265 g/mol. The number of likely N-dealkylation sites (tertiary alicyclic amines) is 1. The molecule has 1 atom stereocenters. The predicted molar refractivity (Wildman–Crippen MR) is 74.4 cm³/mol. The highest BCUT2D eigenvalue weighted by molar-refractivity contribution is 5.20. The standard InChI is InChI=1S/C15H23NO3/c17-10-12-18-11-9-16-8-4-5-14(16)13-19-15-6-2-1-3-7-15/h1-3,6-7,14,17H,4-5,8-13H2. The van der Waals surface area contributed by atoms with Crippen molar-refractivity contribution in [1.82, 2.24) is 4.90 Å². The second-order valence-electron chi connectivity index (χ2n) is 4.79. The van der Waals surface area contributed by atoms with Gasteiger partial charge in [-0.25, -0.2) is 0 Å². The van der Waals surface area contributed by atoms with Crippen LogP contribution in [0.2, 0.25) is 0 Å². The molecule has 1 fully saturated rings. The number of hydrogen-bond acceptors (Lipinski definition) is 4. The molecular weight excluding hydrogens is 242 g/mol. The number of nitrogens with zero attached hydrogens (tertiary/aromatic N) is 1. The molecule has 0 saturated carbocycles. The zero-order valence-electron chi connectivity index (χ0n) is 11.3. The lowest BCUT2D eigenvalue weighted by Crippen LogP contribution is -2.36. The van der Waals surface area contributed by atoms with Gasteiger partial charge in [-0.2, -0.15) is 0 Å². The molecule has 2 rings (SSSR count). The zero-order valence-corrected chi connectivity index (χ0v) is 11.3. The lowest BCUT2D eigenvalue weighted by atomic mass is 10.2. The van der Waals surface area contributed by atoms with E-state index in [9.17, 15) is 0 Å². The Labute approximate surface area is 114 Å². The van der Waals surface area contributed by atoms with Crippen LogP contribution in [-0.4, -0.2) is 55.6 Å². The van der Waals surface area contributed by atoms with Crippen LogP contribution in [0.1, 0.15) is 12.8 Å². The Bertz CT molecular complexity index is 345. The lowest BCUT2D eigenvalue weighted by Gasteiger charge is -2.24. The van der Waals surface area contributed by atoms with Gasteiger partial charge in [0.05, 0.1) is 19.8 Å². The van der Waals surface area contributed by atoms with Gasteiger partial charge >= 0.3 is 0 Å². The summed E-state index contributed by atoms with van der Waals surface area (Å²) in [6.07, 6.45) is 2.41. The second-order valence-corrected chi connectivity index (χ2v) is 4.79. The normalized spacial score (nSPS) is 19.7. The second kappa shape index (κ2) is 8.15. The van der Waals surface area contributed by atoms with Crippen LogP contribution in [0.3, 0.4) is 0 Å². The summed E-state index contributed by atoms with van der Waals surface area (Å²) in [7, 11) is 0. The van der Waals surface area contributed by atoms with E-state index in [-0.39, 0.29) is 6.61 Å². The van der Waals surface area contributed by atoms with E-state index in [0.29, 0.717) is 19.3 Å². The number of aliphatic hydroxyl groups is 1. The number of benzene rings is 1. The lowest BCUT2D eigenvalue weighted by molar-refractivity contribution is 0.0652. The van der Waals surface area contributed by atoms with Crippen molar-refractivity contribution >= 4 is 0 Å². The molecule has 1 heterocycles. The minimum atomic E-state index is 0.0978. The molecule has 1 aromatic rings. The fourth-order valence-electron chi connectivity index (χ4n) is 2.44. The van der Waals surface area contributed by atoms with E-state index < -0.39 is 0 Å². The number of ether oxygens (including phenoxy) is 2. The van der Waals surface area contributed by atoms with Gasteiger partial charge < -0.3 is 14.6 Å². The van der Waals surface area contributed by atoms with Gasteiger partial charge in [-0.3, -0.25) is 4.90 Å². The maximum atomic E-state index is 8.66. The minimum absolute atomic E-state index is 0.0978. The quantitative estimate of drug-likeness (QED) is 0.724. The van der Waals surface area contributed by atoms with E-state index in [2.05, 4.69) is 4.90 Å². The third kappa shape index (κ3) is 4.82. The number of aliphatic hydroxyl groups excluding tert-OH is 1. The first-order valence-electron chi connectivity index (χ1n) is 7.00. The van der Waals surface area contributed by atoms with Crippen molar-refractivity contribution < 1.29 is 14.6 Å². The maximum Gasteiger partial charge on any atom is 0.119 e. The van der Waals surface area contributed by atoms with Crippen molar-refractivity contribution in [2.45, 2.75) is 18.9 Å². The highest BCUT2D eigenvalue weighted by Gasteiger charge is 2.24. The highest BCUT2D eigenvalue weighted by Crippen LogP contribution is 2.18. The molecule has 0 bridgehead atoms. The number of rotatable bonds is 8. The van der Waals surface area contributed by atoms with Gasteiger partial charge in [0.2, 0.25) is 0 Å². The molecule has 0 aliphatic carbocycles. The summed E-state index contributed by atoms with van der Waals surface area (Å²) in [5.74, 6) is 0.936. The van der Waals surface area contributed by atoms with Crippen LogP contribution < -0.4 is 4.74 Å². The SMILES string of the molecule is OCCOCCN1CCCC1COc1ccccc1. The Hall–Kier alpha value is -1.10. The molecular formula is C15H23NO3. The Morgan fingerprint density at radius 2 is 2.05 bits per heavy atom. The number of para-hydroxylation sites is 1. The van der Waals surface area contributed by atoms with Crippen LogP contribution in [0.25, 0.3) is 0 Å². The summed E-state index contributed by atoms with van der Waals surface area (Å²) >= 11 is 0. The molecule has 4 heteroatoms. The van der Waals surface area contributed by atoms with Gasteiger partial charge in [0.15, 0.2) is 0 Å². The molecule has 1 aromatic carbocycles. The van der Waals surface area contributed by atoms with Crippen molar-refractivity contribution in [3.8, 4) is 5.75 Å². The summed E-state index contributed by atoms with van der Waals surface area (Å²) in [4.78, 5) is 2.42. The Morgan fingerprint density at radius 3 is 2.84 bits per heavy atom. The van der Waals surface area contributed by atoms with Gasteiger partial charge in [0.25, 0.3) is 0 Å². The first kappa shape index (κ1) is 14.3. The van der Waals surface area contributed by atoms with E-state index in [1.165, 1.54) is 12.8 Å². The van der Waals surface area contributed by atoms with E-state index in [1.807, 2.05) is 30.3 Å². The largest absolute Gasteiger partial charge is 0.492 e. The van der Waals surface area contributed by atoms with Gasteiger partial charge in [-0.05, 0) is 31.5 Å². The van der Waals surface area contributed by atoms with Crippen molar-refractivity contribution in [2.75, 3.05) is 39.5 Å². The van der Waals surface area contributed by atoms with Crippen LogP contribution >= 0.6 is 0 Å². The van der Waals surface area contributed by atoms with Crippen molar-refractivity contribution in [2.24, 2.45) is 0 Å². The molecule has 19 heavy (non-hydrogen) atoms. The first-order valence-corrected chi connectivity index (χ1v) is 7.00. The monoisotopic (exact) mass is 265 g/mol. The van der Waals surface area contributed by atoms with Crippen LogP contribution in [-0.2, 0) is 4.74 Å². The zero-order chi connectivity index (χ0) is 13.3. The summed E-state index contributed by atoms with van der Waals surface area (Å²) < 4.78 is 11.1. The third-order valence-electron chi connectivity index (χ3n) is 3.44. The average Bonchev–Trinajstić information content (AvgIpc) is 2.90. The Morgan fingerprint density at radius 1 is 1.21 bits per heavy atom. The van der Waals surface area contributed by atoms with Crippen LogP contribution in [0.15, 0.2) is 30.3 Å². The number of hydrogen-bond donors (Lipinski definition) is 1. The van der Waals surface area contributed by atoms with E-state index in [0.717, 1.165) is 25.4 Å². The fourth-order valence-corrected chi connectivity index (χ4v) is 2.44. The van der Waals surface area contributed by atoms with Crippen LogP contribution in [0.4, 0.5) is 0 Å². The third-order valence-corrected chi connectivity index (χ3v) is 3.44. The van der Waals surface area contributed by atoms with E-state index in [4.69, 9.17) is 14.6 Å².